The number of rotatable bonds is 4. The van der Waals surface area contributed by atoms with Crippen LogP contribution in [0.2, 0.25) is 0 Å². The van der Waals surface area contributed by atoms with Crippen LogP contribution in [0.5, 0.6) is 0 Å². The van der Waals surface area contributed by atoms with E-state index in [1.165, 1.54) is 32.0 Å². The predicted octanol–water partition coefficient (Wildman–Crippen LogP) is 2.65. The topological polar surface area (TPSA) is 55.6 Å². The second kappa shape index (κ2) is 5.38. The molecule has 1 fully saturated rings. The summed E-state index contributed by atoms with van der Waals surface area (Å²) in [5, 5.41) is 7.67. The maximum Gasteiger partial charge on any atom is 0.155 e. The van der Waals surface area contributed by atoms with Crippen LogP contribution in [0.3, 0.4) is 0 Å². The Kier molecular flexibility index (Phi) is 3.44. The molecule has 2 atom stereocenters. The molecule has 0 amide bonds. The van der Waals surface area contributed by atoms with Crippen molar-refractivity contribution in [1.29, 1.82) is 0 Å². The van der Waals surface area contributed by atoms with E-state index in [2.05, 4.69) is 33.4 Å². The summed E-state index contributed by atoms with van der Waals surface area (Å²) in [5.41, 5.74) is 1.09. The van der Waals surface area contributed by atoms with Gasteiger partial charge in [-0.3, -0.25) is 0 Å². The number of nitrogens with zero attached hydrogens (tertiary/aromatic N) is 4. The predicted molar refractivity (Wildman–Crippen MR) is 74.2 cm³/mol. The second-order valence-corrected chi connectivity index (χ2v) is 5.10. The highest BCUT2D eigenvalue weighted by Crippen LogP contribution is 2.30. The molecular formula is C14H19N5. The zero-order valence-corrected chi connectivity index (χ0v) is 11.2. The highest BCUT2D eigenvalue weighted by Gasteiger charge is 2.25. The van der Waals surface area contributed by atoms with Crippen molar-refractivity contribution in [2.75, 3.05) is 5.32 Å². The fourth-order valence-electron chi connectivity index (χ4n) is 2.86. The Bertz CT molecular complexity index is 505. The fourth-order valence-corrected chi connectivity index (χ4v) is 2.86. The van der Waals surface area contributed by atoms with Crippen LogP contribution in [0.1, 0.15) is 32.6 Å². The van der Waals surface area contributed by atoms with Crippen LogP contribution >= 0.6 is 0 Å². The monoisotopic (exact) mass is 257 g/mol. The van der Waals surface area contributed by atoms with E-state index in [-0.39, 0.29) is 0 Å². The standard InChI is InChI=1S/C14H19N5/c1-2-11-4-3-5-13(11)18-12-6-7-14(16-8-12)19-10-15-9-17-19/h6-11,13,18H,2-5H2,1H3. The molecule has 2 aromatic rings. The molecule has 1 aliphatic carbocycles. The Morgan fingerprint density at radius 2 is 2.32 bits per heavy atom. The first-order valence-electron chi connectivity index (χ1n) is 6.94. The van der Waals surface area contributed by atoms with Gasteiger partial charge in [-0.15, -0.1) is 0 Å². The molecule has 1 saturated carbocycles. The third kappa shape index (κ3) is 2.59. The van der Waals surface area contributed by atoms with Gasteiger partial charge in [0.25, 0.3) is 0 Å². The molecule has 2 aromatic heterocycles. The van der Waals surface area contributed by atoms with Gasteiger partial charge in [0.15, 0.2) is 5.82 Å². The molecule has 19 heavy (non-hydrogen) atoms. The third-order valence-corrected chi connectivity index (χ3v) is 3.94. The maximum atomic E-state index is 4.41. The molecule has 0 saturated heterocycles. The van der Waals surface area contributed by atoms with Crippen molar-refractivity contribution in [3.05, 3.63) is 31.0 Å². The molecule has 0 aliphatic heterocycles. The Labute approximate surface area is 113 Å². The second-order valence-electron chi connectivity index (χ2n) is 5.10. The molecule has 100 valence electrons. The molecule has 0 bridgehead atoms. The first-order valence-corrected chi connectivity index (χ1v) is 6.94. The number of aromatic nitrogens is 4. The van der Waals surface area contributed by atoms with Gasteiger partial charge >= 0.3 is 0 Å². The molecule has 1 aliphatic rings. The largest absolute Gasteiger partial charge is 0.381 e. The molecule has 0 spiro atoms. The van der Waals surface area contributed by atoms with E-state index in [4.69, 9.17) is 0 Å². The molecule has 2 heterocycles. The summed E-state index contributed by atoms with van der Waals surface area (Å²) in [6, 6.07) is 4.63. The summed E-state index contributed by atoms with van der Waals surface area (Å²) >= 11 is 0. The van der Waals surface area contributed by atoms with Gasteiger partial charge in [-0.25, -0.2) is 14.6 Å². The van der Waals surface area contributed by atoms with Crippen molar-refractivity contribution in [1.82, 2.24) is 19.7 Å². The fraction of sp³-hybridized carbons (Fsp3) is 0.500. The summed E-state index contributed by atoms with van der Waals surface area (Å²) < 4.78 is 1.66. The Balaban J connectivity index is 1.69. The van der Waals surface area contributed by atoms with Crippen molar-refractivity contribution in [2.24, 2.45) is 5.92 Å². The quantitative estimate of drug-likeness (QED) is 0.915. The SMILES string of the molecule is CCC1CCCC1Nc1ccc(-n2cncn2)nc1. The third-order valence-electron chi connectivity index (χ3n) is 3.94. The minimum atomic E-state index is 0.601. The van der Waals surface area contributed by atoms with E-state index >= 15 is 0 Å². The Morgan fingerprint density at radius 1 is 1.37 bits per heavy atom. The van der Waals surface area contributed by atoms with Crippen LogP contribution < -0.4 is 5.32 Å². The van der Waals surface area contributed by atoms with Gasteiger partial charge in [-0.05, 0) is 30.9 Å². The van der Waals surface area contributed by atoms with Crippen LogP contribution in [-0.4, -0.2) is 25.8 Å². The van der Waals surface area contributed by atoms with E-state index in [9.17, 15) is 0 Å². The lowest BCUT2D eigenvalue weighted by molar-refractivity contribution is 0.489. The van der Waals surface area contributed by atoms with Gasteiger partial charge < -0.3 is 5.32 Å². The lowest BCUT2D eigenvalue weighted by Crippen LogP contribution is -2.23. The van der Waals surface area contributed by atoms with Gasteiger partial charge in [0.2, 0.25) is 0 Å². The van der Waals surface area contributed by atoms with E-state index in [1.807, 2.05) is 12.3 Å². The van der Waals surface area contributed by atoms with Crippen LogP contribution in [0, 0.1) is 5.92 Å². The zero-order chi connectivity index (χ0) is 13.1. The molecule has 3 rings (SSSR count). The number of anilines is 1. The van der Waals surface area contributed by atoms with Crippen LogP contribution in [0.25, 0.3) is 5.82 Å². The van der Waals surface area contributed by atoms with Crippen molar-refractivity contribution in [3.8, 4) is 5.82 Å². The summed E-state index contributed by atoms with van der Waals surface area (Å²) in [6.45, 7) is 2.27. The van der Waals surface area contributed by atoms with E-state index in [0.29, 0.717) is 6.04 Å². The van der Waals surface area contributed by atoms with Crippen molar-refractivity contribution >= 4 is 5.69 Å². The van der Waals surface area contributed by atoms with Gasteiger partial charge in [0, 0.05) is 6.04 Å². The van der Waals surface area contributed by atoms with Crippen molar-refractivity contribution < 1.29 is 0 Å². The Morgan fingerprint density at radius 3 is 3.00 bits per heavy atom. The minimum Gasteiger partial charge on any atom is -0.381 e. The molecule has 0 aromatic carbocycles. The maximum absolute atomic E-state index is 4.41. The summed E-state index contributed by atoms with van der Waals surface area (Å²) in [6.07, 6.45) is 10.2. The molecular weight excluding hydrogens is 238 g/mol. The summed E-state index contributed by atoms with van der Waals surface area (Å²) in [7, 11) is 0. The first-order chi connectivity index (χ1) is 9.36. The van der Waals surface area contributed by atoms with Crippen molar-refractivity contribution in [2.45, 2.75) is 38.6 Å². The summed E-state index contributed by atoms with van der Waals surface area (Å²) in [5.74, 6) is 1.59. The van der Waals surface area contributed by atoms with E-state index < -0.39 is 0 Å². The minimum absolute atomic E-state index is 0.601. The summed E-state index contributed by atoms with van der Waals surface area (Å²) in [4.78, 5) is 8.33. The molecule has 2 unspecified atom stereocenters. The number of hydrogen-bond acceptors (Lipinski definition) is 4. The highest BCUT2D eigenvalue weighted by atomic mass is 15.3. The Hall–Kier alpha value is -1.91. The first kappa shape index (κ1) is 12.1. The van der Waals surface area contributed by atoms with Gasteiger partial charge in [0.1, 0.15) is 12.7 Å². The average molecular weight is 257 g/mol. The molecule has 1 N–H and O–H groups in total. The van der Waals surface area contributed by atoms with E-state index in [1.54, 1.807) is 11.0 Å². The van der Waals surface area contributed by atoms with Gasteiger partial charge in [-0.1, -0.05) is 19.8 Å². The lowest BCUT2D eigenvalue weighted by atomic mass is 10.0. The normalized spacial score (nSPS) is 22.6. The molecule has 5 heteroatoms. The van der Waals surface area contributed by atoms with Crippen LogP contribution in [-0.2, 0) is 0 Å². The van der Waals surface area contributed by atoms with Gasteiger partial charge in [0.05, 0.1) is 11.9 Å². The lowest BCUT2D eigenvalue weighted by Gasteiger charge is -2.20. The van der Waals surface area contributed by atoms with Gasteiger partial charge in [-0.2, -0.15) is 5.10 Å². The number of pyridine rings is 1. The van der Waals surface area contributed by atoms with Crippen LogP contribution in [0.4, 0.5) is 5.69 Å². The number of hydrogen-bond donors (Lipinski definition) is 1. The smallest absolute Gasteiger partial charge is 0.155 e. The highest BCUT2D eigenvalue weighted by molar-refractivity contribution is 5.44. The number of nitrogens with one attached hydrogen (secondary N) is 1. The zero-order valence-electron chi connectivity index (χ0n) is 11.2. The van der Waals surface area contributed by atoms with E-state index in [0.717, 1.165) is 17.4 Å². The van der Waals surface area contributed by atoms with Crippen molar-refractivity contribution in [3.63, 3.8) is 0 Å². The molecule has 5 nitrogen and oxygen atoms in total. The van der Waals surface area contributed by atoms with Crippen LogP contribution in [0.15, 0.2) is 31.0 Å². The average Bonchev–Trinajstić information content (AvgIpc) is 3.10. The molecule has 0 radical (unpaired) electrons.